The minimum atomic E-state index is 0.829. The summed E-state index contributed by atoms with van der Waals surface area (Å²) in [5.41, 5.74) is 11.2. The fourth-order valence-electron chi connectivity index (χ4n) is 1.96. The van der Waals surface area contributed by atoms with Gasteiger partial charge in [-0.15, -0.1) is 11.3 Å². The van der Waals surface area contributed by atoms with Crippen LogP contribution in [-0.4, -0.2) is 9.91 Å². The first-order chi connectivity index (χ1) is 9.63. The first kappa shape index (κ1) is 15.3. The standard InChI is InChI=1S/C15H14N2S.CH3I/c1-9-3-6-13-14(7-9)18-15(17-13)11-4-5-12(16)10(2)8-11;1-2/h3-8H,16H2,1-2H3;1H3. The number of aromatic nitrogens is 1. The van der Waals surface area contributed by atoms with E-state index >= 15 is 0 Å². The summed E-state index contributed by atoms with van der Waals surface area (Å²) in [7, 11) is 0. The molecule has 1 aromatic heterocycles. The van der Waals surface area contributed by atoms with Crippen molar-refractivity contribution in [1.29, 1.82) is 0 Å². The highest BCUT2D eigenvalue weighted by Gasteiger charge is 2.07. The molecule has 0 bridgehead atoms. The number of nitrogens with two attached hydrogens (primary N) is 1. The summed E-state index contributed by atoms with van der Waals surface area (Å²) in [4.78, 5) is 6.64. The number of alkyl halides is 1. The molecule has 2 nitrogen and oxygen atoms in total. The fraction of sp³-hybridized carbons (Fsp3) is 0.188. The number of nitrogens with zero attached hydrogens (tertiary/aromatic N) is 1. The van der Waals surface area contributed by atoms with Gasteiger partial charge in [-0.25, -0.2) is 4.98 Å². The molecular weight excluding hydrogens is 379 g/mol. The number of rotatable bonds is 1. The fourth-order valence-corrected chi connectivity index (χ4v) is 3.02. The van der Waals surface area contributed by atoms with Crippen molar-refractivity contribution in [3.05, 3.63) is 47.5 Å². The Labute approximate surface area is 137 Å². The number of halogens is 1. The Kier molecular flexibility index (Phi) is 4.99. The lowest BCUT2D eigenvalue weighted by molar-refractivity contribution is 1.42. The molecule has 3 aromatic rings. The van der Waals surface area contributed by atoms with Crippen molar-refractivity contribution in [3.8, 4) is 10.6 Å². The molecule has 4 heteroatoms. The molecular formula is C16H17IN2S. The molecule has 3 rings (SSSR count). The normalized spacial score (nSPS) is 10.2. The summed E-state index contributed by atoms with van der Waals surface area (Å²) in [6.45, 7) is 4.13. The second-order valence-electron chi connectivity index (χ2n) is 4.56. The third kappa shape index (κ3) is 3.12. The molecule has 0 spiro atoms. The Morgan fingerprint density at radius 3 is 2.50 bits per heavy atom. The lowest BCUT2D eigenvalue weighted by Gasteiger charge is -2.01. The van der Waals surface area contributed by atoms with Crippen molar-refractivity contribution in [1.82, 2.24) is 4.98 Å². The van der Waals surface area contributed by atoms with Crippen LogP contribution in [0.15, 0.2) is 36.4 Å². The molecule has 104 valence electrons. The van der Waals surface area contributed by atoms with Crippen LogP contribution in [0, 0.1) is 13.8 Å². The number of anilines is 1. The lowest BCUT2D eigenvalue weighted by atomic mass is 10.1. The molecule has 1 heterocycles. The van der Waals surface area contributed by atoms with Gasteiger partial charge in [0.2, 0.25) is 0 Å². The predicted molar refractivity (Wildman–Crippen MR) is 98.9 cm³/mol. The zero-order valence-electron chi connectivity index (χ0n) is 11.8. The molecule has 2 aromatic carbocycles. The Bertz CT molecular complexity index is 734. The topological polar surface area (TPSA) is 38.9 Å². The molecule has 2 N–H and O–H groups in total. The van der Waals surface area contributed by atoms with Gasteiger partial charge >= 0.3 is 0 Å². The van der Waals surface area contributed by atoms with Crippen LogP contribution in [0.4, 0.5) is 5.69 Å². The largest absolute Gasteiger partial charge is 0.399 e. The highest BCUT2D eigenvalue weighted by atomic mass is 127. The number of thiazole rings is 1. The van der Waals surface area contributed by atoms with Gasteiger partial charge in [-0.2, -0.15) is 0 Å². The number of benzene rings is 2. The summed E-state index contributed by atoms with van der Waals surface area (Å²) >= 11 is 3.88. The van der Waals surface area contributed by atoms with E-state index in [-0.39, 0.29) is 0 Å². The zero-order chi connectivity index (χ0) is 14.7. The van der Waals surface area contributed by atoms with E-state index in [0.29, 0.717) is 0 Å². The molecule has 0 fully saturated rings. The highest BCUT2D eigenvalue weighted by Crippen LogP contribution is 2.31. The number of aryl methyl sites for hydroxylation is 2. The molecule has 0 saturated heterocycles. The number of fused-ring (bicyclic) bond motifs is 1. The van der Waals surface area contributed by atoms with Crippen molar-refractivity contribution in [2.75, 3.05) is 10.7 Å². The Balaban J connectivity index is 0.000000704. The first-order valence-corrected chi connectivity index (χ1v) is 9.22. The van der Waals surface area contributed by atoms with Crippen LogP contribution in [0.2, 0.25) is 0 Å². The van der Waals surface area contributed by atoms with Crippen LogP contribution in [0.5, 0.6) is 0 Å². The van der Waals surface area contributed by atoms with Crippen LogP contribution in [0.1, 0.15) is 11.1 Å². The molecule has 0 unspecified atom stereocenters. The van der Waals surface area contributed by atoms with Gasteiger partial charge in [-0.3, -0.25) is 0 Å². The maximum absolute atomic E-state index is 5.84. The number of hydrogen-bond acceptors (Lipinski definition) is 3. The van der Waals surface area contributed by atoms with Crippen molar-refractivity contribution in [2.45, 2.75) is 13.8 Å². The predicted octanol–water partition coefficient (Wildman–Crippen LogP) is 5.21. The van der Waals surface area contributed by atoms with E-state index in [1.54, 1.807) is 11.3 Å². The quantitative estimate of drug-likeness (QED) is 0.348. The molecule has 0 atom stereocenters. The molecule has 0 aliphatic carbocycles. The van der Waals surface area contributed by atoms with E-state index in [4.69, 9.17) is 5.73 Å². The van der Waals surface area contributed by atoms with E-state index in [9.17, 15) is 0 Å². The maximum atomic E-state index is 5.84. The van der Waals surface area contributed by atoms with Crippen molar-refractivity contribution in [2.24, 2.45) is 0 Å². The van der Waals surface area contributed by atoms with E-state index in [1.165, 1.54) is 10.3 Å². The van der Waals surface area contributed by atoms with Gasteiger partial charge in [0.1, 0.15) is 5.01 Å². The SMILES string of the molecule is CI.Cc1ccc2nc(-c3ccc(N)c(C)c3)sc2c1. The van der Waals surface area contributed by atoms with E-state index in [2.05, 4.69) is 58.8 Å². The third-order valence-electron chi connectivity index (χ3n) is 3.06. The van der Waals surface area contributed by atoms with Crippen molar-refractivity contribution in [3.63, 3.8) is 0 Å². The molecule has 0 aliphatic heterocycles. The molecule has 0 radical (unpaired) electrons. The Morgan fingerprint density at radius 1 is 1.05 bits per heavy atom. The van der Waals surface area contributed by atoms with Crippen LogP contribution < -0.4 is 5.73 Å². The van der Waals surface area contributed by atoms with Crippen LogP contribution >= 0.6 is 33.9 Å². The third-order valence-corrected chi connectivity index (χ3v) is 4.13. The minimum Gasteiger partial charge on any atom is -0.399 e. The van der Waals surface area contributed by atoms with Gasteiger partial charge in [-0.1, -0.05) is 28.7 Å². The summed E-state index contributed by atoms with van der Waals surface area (Å²) in [5, 5.41) is 1.05. The Hall–Kier alpha value is -1.14. The second kappa shape index (κ2) is 6.54. The summed E-state index contributed by atoms with van der Waals surface area (Å²) in [6, 6.07) is 12.4. The minimum absolute atomic E-state index is 0.829. The van der Waals surface area contributed by atoms with Gasteiger partial charge in [0.15, 0.2) is 0 Å². The smallest absolute Gasteiger partial charge is 0.124 e. The number of hydrogen-bond donors (Lipinski definition) is 1. The summed E-state index contributed by atoms with van der Waals surface area (Å²) in [6.07, 6.45) is 0. The van der Waals surface area contributed by atoms with Crippen LogP contribution in [-0.2, 0) is 0 Å². The maximum Gasteiger partial charge on any atom is 0.124 e. The Morgan fingerprint density at radius 2 is 1.80 bits per heavy atom. The van der Waals surface area contributed by atoms with Gasteiger partial charge < -0.3 is 5.73 Å². The van der Waals surface area contributed by atoms with Crippen LogP contribution in [0.3, 0.4) is 0 Å². The molecule has 20 heavy (non-hydrogen) atoms. The van der Waals surface area contributed by atoms with E-state index in [0.717, 1.165) is 27.3 Å². The van der Waals surface area contributed by atoms with Gasteiger partial charge in [-0.05, 0) is 60.2 Å². The van der Waals surface area contributed by atoms with Crippen molar-refractivity contribution < 1.29 is 0 Å². The molecule has 0 aliphatic rings. The van der Waals surface area contributed by atoms with E-state index < -0.39 is 0 Å². The number of nitrogen functional groups attached to an aromatic ring is 1. The molecule has 0 saturated carbocycles. The van der Waals surface area contributed by atoms with Gasteiger partial charge in [0, 0.05) is 11.3 Å². The van der Waals surface area contributed by atoms with Crippen molar-refractivity contribution >= 4 is 49.8 Å². The zero-order valence-corrected chi connectivity index (χ0v) is 14.7. The monoisotopic (exact) mass is 396 g/mol. The average molecular weight is 396 g/mol. The summed E-state index contributed by atoms with van der Waals surface area (Å²) in [5.74, 6) is 0. The van der Waals surface area contributed by atoms with Gasteiger partial charge in [0.05, 0.1) is 10.2 Å². The van der Waals surface area contributed by atoms with Crippen LogP contribution in [0.25, 0.3) is 20.8 Å². The average Bonchev–Trinajstić information content (AvgIpc) is 2.87. The second-order valence-corrected chi connectivity index (χ2v) is 5.59. The van der Waals surface area contributed by atoms with Gasteiger partial charge in [0.25, 0.3) is 0 Å². The lowest BCUT2D eigenvalue weighted by Crippen LogP contribution is -1.89. The highest BCUT2D eigenvalue weighted by molar-refractivity contribution is 14.1. The van der Waals surface area contributed by atoms with E-state index in [1.807, 2.05) is 24.0 Å². The molecule has 0 amide bonds. The summed E-state index contributed by atoms with van der Waals surface area (Å²) < 4.78 is 1.24. The first-order valence-electron chi connectivity index (χ1n) is 6.25.